The maximum atomic E-state index is 12.5. The molecule has 8 nitrogen and oxygen atoms in total. The van der Waals surface area contributed by atoms with Gasteiger partial charge < -0.3 is 14.2 Å². The van der Waals surface area contributed by atoms with E-state index >= 15 is 0 Å². The highest BCUT2D eigenvalue weighted by atomic mass is 32.1. The maximum Gasteiger partial charge on any atom is 0.269 e. The Morgan fingerprint density at radius 3 is 2.42 bits per heavy atom. The van der Waals surface area contributed by atoms with E-state index in [-0.39, 0.29) is 0 Å². The molecule has 0 unspecified atom stereocenters. The second-order valence-corrected chi connectivity index (χ2v) is 8.21. The second kappa shape index (κ2) is 11.9. The predicted octanol–water partition coefficient (Wildman–Crippen LogP) is 4.29. The van der Waals surface area contributed by atoms with E-state index < -0.39 is 11.8 Å². The molecule has 2 amide bonds. The molecule has 1 heterocycles. The summed E-state index contributed by atoms with van der Waals surface area (Å²) in [5.74, 6) is 0.599. The van der Waals surface area contributed by atoms with Crippen LogP contribution in [-0.2, 0) is 6.61 Å². The first-order valence-corrected chi connectivity index (χ1v) is 11.4. The lowest BCUT2D eigenvalue weighted by Gasteiger charge is -2.12. The molecule has 0 spiro atoms. The average Bonchev–Trinajstić information content (AvgIpc) is 3.26. The van der Waals surface area contributed by atoms with Gasteiger partial charge in [0.25, 0.3) is 11.8 Å². The van der Waals surface area contributed by atoms with Crippen molar-refractivity contribution in [1.29, 1.82) is 0 Å². The van der Waals surface area contributed by atoms with Crippen molar-refractivity contribution < 1.29 is 23.8 Å². The Balaban J connectivity index is 1.56. The molecule has 2 N–H and O–H groups in total. The van der Waals surface area contributed by atoms with Crippen molar-refractivity contribution >= 4 is 23.2 Å². The van der Waals surface area contributed by atoms with Crippen LogP contribution in [-0.4, -0.2) is 30.5 Å². The van der Waals surface area contributed by atoms with Crippen molar-refractivity contribution in [2.45, 2.75) is 33.3 Å². The summed E-state index contributed by atoms with van der Waals surface area (Å²) in [6, 6.07) is 11.6. The molecule has 3 rings (SSSR count). The Bertz CT molecular complexity index is 1100. The van der Waals surface area contributed by atoms with Gasteiger partial charge in [0.2, 0.25) is 0 Å². The van der Waals surface area contributed by atoms with Crippen molar-refractivity contribution in [3.63, 3.8) is 0 Å². The van der Waals surface area contributed by atoms with Crippen molar-refractivity contribution in [3.8, 4) is 17.2 Å². The summed E-state index contributed by atoms with van der Waals surface area (Å²) in [7, 11) is 1.51. The zero-order valence-corrected chi connectivity index (χ0v) is 19.7. The lowest BCUT2D eigenvalue weighted by molar-refractivity contribution is 0.0846. The van der Waals surface area contributed by atoms with Crippen LogP contribution in [0.2, 0.25) is 0 Å². The molecule has 0 radical (unpaired) electrons. The van der Waals surface area contributed by atoms with Crippen molar-refractivity contribution in [2.75, 3.05) is 13.7 Å². The van der Waals surface area contributed by atoms with Crippen LogP contribution < -0.4 is 25.1 Å². The first-order valence-electron chi connectivity index (χ1n) is 10.6. The topological polar surface area (TPSA) is 98.8 Å². The normalized spacial score (nSPS) is 10.4. The Morgan fingerprint density at radius 1 is 1.00 bits per heavy atom. The fourth-order valence-corrected chi connectivity index (χ4v) is 3.47. The quantitative estimate of drug-likeness (QED) is 0.339. The van der Waals surface area contributed by atoms with E-state index in [1.807, 2.05) is 12.3 Å². The van der Waals surface area contributed by atoms with Crippen molar-refractivity contribution in [3.05, 3.63) is 69.7 Å². The number of ether oxygens (including phenoxy) is 3. The van der Waals surface area contributed by atoms with E-state index in [4.69, 9.17) is 14.2 Å². The predicted molar refractivity (Wildman–Crippen MR) is 126 cm³/mol. The molecule has 0 aliphatic rings. The molecule has 33 heavy (non-hydrogen) atoms. The number of benzene rings is 2. The number of hydrogen-bond donors (Lipinski definition) is 2. The van der Waals surface area contributed by atoms with Crippen LogP contribution in [0, 0.1) is 6.92 Å². The zero-order valence-electron chi connectivity index (χ0n) is 18.8. The van der Waals surface area contributed by atoms with E-state index in [1.165, 1.54) is 7.11 Å². The summed E-state index contributed by atoms with van der Waals surface area (Å²) < 4.78 is 16.7. The van der Waals surface area contributed by atoms with Gasteiger partial charge in [0.15, 0.2) is 11.5 Å². The van der Waals surface area contributed by atoms with Crippen LogP contribution in [0.3, 0.4) is 0 Å². The number of nitrogens with one attached hydrogen (secondary N) is 2. The molecule has 0 saturated carbocycles. The number of aryl methyl sites for hydroxylation is 1. The van der Waals surface area contributed by atoms with Crippen LogP contribution >= 0.6 is 11.3 Å². The number of nitrogens with zero attached hydrogens (tertiary/aromatic N) is 1. The lowest BCUT2D eigenvalue weighted by Crippen LogP contribution is -2.41. The summed E-state index contributed by atoms with van der Waals surface area (Å²) in [4.78, 5) is 29.3. The Kier molecular flexibility index (Phi) is 8.65. The second-order valence-electron chi connectivity index (χ2n) is 7.15. The summed E-state index contributed by atoms with van der Waals surface area (Å²) in [5, 5.41) is 2.90. The standard InChI is InChI=1S/C24H27N3O5S/c1-4-5-11-31-21-10-9-18(13-22(21)30-3)24(29)27-26-23(28)17-7-6-8-20(12-17)32-14-19-15-33-16(2)25-19/h6-10,12-13,15H,4-5,11,14H2,1-3H3,(H,26,28)(H,27,29). The Labute approximate surface area is 196 Å². The highest BCUT2D eigenvalue weighted by molar-refractivity contribution is 7.09. The van der Waals surface area contributed by atoms with Crippen LogP contribution in [0.4, 0.5) is 0 Å². The molecule has 0 saturated heterocycles. The van der Waals surface area contributed by atoms with Crippen molar-refractivity contribution in [1.82, 2.24) is 15.8 Å². The molecule has 2 aromatic carbocycles. The highest BCUT2D eigenvalue weighted by Crippen LogP contribution is 2.28. The number of carbonyl (C=O) groups excluding carboxylic acids is 2. The van der Waals surface area contributed by atoms with Crippen LogP contribution in [0.25, 0.3) is 0 Å². The minimum Gasteiger partial charge on any atom is -0.493 e. The van der Waals surface area contributed by atoms with E-state index in [0.29, 0.717) is 41.6 Å². The lowest BCUT2D eigenvalue weighted by atomic mass is 10.2. The van der Waals surface area contributed by atoms with E-state index in [0.717, 1.165) is 23.5 Å². The zero-order chi connectivity index (χ0) is 23.6. The number of rotatable bonds is 10. The van der Waals surface area contributed by atoms with Crippen LogP contribution in [0.5, 0.6) is 17.2 Å². The fraction of sp³-hybridized carbons (Fsp3) is 0.292. The van der Waals surface area contributed by atoms with E-state index in [2.05, 4.69) is 22.8 Å². The van der Waals surface area contributed by atoms with Gasteiger partial charge >= 0.3 is 0 Å². The molecule has 1 aromatic heterocycles. The number of hydrogen-bond acceptors (Lipinski definition) is 7. The number of unbranched alkanes of at least 4 members (excludes halogenated alkanes) is 1. The Hall–Kier alpha value is -3.59. The molecule has 0 atom stereocenters. The molecule has 0 aliphatic carbocycles. The van der Waals surface area contributed by atoms with Gasteiger partial charge in [-0.05, 0) is 49.7 Å². The van der Waals surface area contributed by atoms with Gasteiger partial charge in [-0.3, -0.25) is 20.4 Å². The van der Waals surface area contributed by atoms with Gasteiger partial charge in [-0.2, -0.15) is 0 Å². The van der Waals surface area contributed by atoms with Gasteiger partial charge in [0.05, 0.1) is 24.4 Å². The van der Waals surface area contributed by atoms with E-state index in [9.17, 15) is 9.59 Å². The van der Waals surface area contributed by atoms with Crippen LogP contribution in [0.1, 0.15) is 51.2 Å². The molecular weight excluding hydrogens is 442 g/mol. The molecule has 0 fully saturated rings. The number of aromatic nitrogens is 1. The number of thiazole rings is 1. The molecule has 3 aromatic rings. The van der Waals surface area contributed by atoms with Crippen molar-refractivity contribution in [2.24, 2.45) is 0 Å². The molecule has 9 heteroatoms. The number of methoxy groups -OCH3 is 1. The summed E-state index contributed by atoms with van der Waals surface area (Å²) >= 11 is 1.55. The molecule has 174 valence electrons. The summed E-state index contributed by atoms with van der Waals surface area (Å²) in [6.07, 6.45) is 1.94. The number of carbonyl (C=O) groups is 2. The third-order valence-corrected chi connectivity index (χ3v) is 5.44. The third-order valence-electron chi connectivity index (χ3n) is 4.62. The first-order chi connectivity index (χ1) is 16.0. The van der Waals surface area contributed by atoms with Gasteiger partial charge in [0, 0.05) is 16.5 Å². The Morgan fingerprint density at radius 2 is 1.76 bits per heavy atom. The largest absolute Gasteiger partial charge is 0.493 e. The minimum absolute atomic E-state index is 0.312. The van der Waals surface area contributed by atoms with Gasteiger partial charge in [-0.15, -0.1) is 11.3 Å². The van der Waals surface area contributed by atoms with Crippen LogP contribution in [0.15, 0.2) is 47.8 Å². The summed E-state index contributed by atoms with van der Waals surface area (Å²) in [5.41, 5.74) is 6.34. The monoisotopic (exact) mass is 469 g/mol. The third kappa shape index (κ3) is 6.95. The first kappa shape index (κ1) is 24.1. The SMILES string of the molecule is CCCCOc1ccc(C(=O)NNC(=O)c2cccc(OCc3csc(C)n3)c2)cc1OC. The number of hydrazine groups is 1. The highest BCUT2D eigenvalue weighted by Gasteiger charge is 2.13. The van der Waals surface area contributed by atoms with Gasteiger partial charge in [-0.25, -0.2) is 4.98 Å². The number of amides is 2. The smallest absolute Gasteiger partial charge is 0.269 e. The van der Waals surface area contributed by atoms with Gasteiger partial charge in [-0.1, -0.05) is 19.4 Å². The minimum atomic E-state index is -0.479. The van der Waals surface area contributed by atoms with E-state index in [1.54, 1.807) is 53.8 Å². The summed E-state index contributed by atoms with van der Waals surface area (Å²) in [6.45, 7) is 4.89. The average molecular weight is 470 g/mol. The maximum absolute atomic E-state index is 12.5. The molecule has 0 bridgehead atoms. The molecule has 0 aliphatic heterocycles. The fourth-order valence-electron chi connectivity index (χ4n) is 2.87. The van der Waals surface area contributed by atoms with Gasteiger partial charge in [0.1, 0.15) is 12.4 Å². The molecular formula is C24H27N3O5S.